The average molecular weight is 250 g/mol. The Morgan fingerprint density at radius 1 is 1.11 bits per heavy atom. The van der Waals surface area contributed by atoms with Gasteiger partial charge in [0.2, 0.25) is 0 Å². The van der Waals surface area contributed by atoms with Crippen molar-refractivity contribution in [2.24, 2.45) is 5.92 Å². The van der Waals surface area contributed by atoms with Gasteiger partial charge in [-0.25, -0.2) is 0 Å². The Labute approximate surface area is 109 Å². The second-order valence-electron chi connectivity index (χ2n) is 4.95. The topological polar surface area (TPSA) is 27.7 Å². The van der Waals surface area contributed by atoms with Crippen molar-refractivity contribution >= 4 is 0 Å². The summed E-state index contributed by atoms with van der Waals surface area (Å²) in [6, 6.07) is 10.3. The molecule has 3 unspecified atom stereocenters. The van der Waals surface area contributed by atoms with Crippen LogP contribution in [-0.4, -0.2) is 32.2 Å². The van der Waals surface area contributed by atoms with E-state index in [1.54, 1.807) is 0 Å². The summed E-state index contributed by atoms with van der Waals surface area (Å²) < 4.78 is 16.1. The standard InChI is InChI=1S/C8H14O3.C7H8/c1-6-2-3-10-7-4-9-5-11-8(6)7;1-7-5-3-2-4-6-7/h6-8H,2-5H2,1H3;2-6H,1H3. The third-order valence-electron chi connectivity index (χ3n) is 3.40. The van der Waals surface area contributed by atoms with Crippen molar-refractivity contribution in [3.63, 3.8) is 0 Å². The first-order valence-electron chi connectivity index (χ1n) is 6.60. The monoisotopic (exact) mass is 250 g/mol. The lowest BCUT2D eigenvalue weighted by Crippen LogP contribution is -2.48. The van der Waals surface area contributed by atoms with E-state index in [0.29, 0.717) is 19.3 Å². The van der Waals surface area contributed by atoms with Gasteiger partial charge in [0.15, 0.2) is 0 Å². The van der Waals surface area contributed by atoms with Gasteiger partial charge >= 0.3 is 0 Å². The molecule has 0 radical (unpaired) electrons. The summed E-state index contributed by atoms with van der Waals surface area (Å²) in [7, 11) is 0. The van der Waals surface area contributed by atoms with E-state index in [-0.39, 0.29) is 12.2 Å². The van der Waals surface area contributed by atoms with Crippen molar-refractivity contribution in [1.82, 2.24) is 0 Å². The van der Waals surface area contributed by atoms with Crippen LogP contribution in [-0.2, 0) is 14.2 Å². The number of benzene rings is 1. The van der Waals surface area contributed by atoms with Crippen LogP contribution >= 0.6 is 0 Å². The van der Waals surface area contributed by atoms with E-state index < -0.39 is 0 Å². The quantitative estimate of drug-likeness (QED) is 0.708. The molecule has 3 nitrogen and oxygen atoms in total. The minimum atomic E-state index is 0.187. The number of aryl methyl sites for hydroxylation is 1. The second-order valence-corrected chi connectivity index (χ2v) is 4.95. The Bertz CT molecular complexity index is 337. The molecule has 2 saturated heterocycles. The van der Waals surface area contributed by atoms with Crippen LogP contribution in [0.1, 0.15) is 18.9 Å². The molecule has 0 N–H and O–H groups in total. The highest BCUT2D eigenvalue weighted by molar-refractivity contribution is 5.11. The van der Waals surface area contributed by atoms with Crippen molar-refractivity contribution in [1.29, 1.82) is 0 Å². The van der Waals surface area contributed by atoms with E-state index in [1.165, 1.54) is 5.56 Å². The lowest BCUT2D eigenvalue weighted by molar-refractivity contribution is -0.238. The molecule has 0 spiro atoms. The SMILES string of the molecule is CC1CCOC2COCOC12.Cc1ccccc1. The van der Waals surface area contributed by atoms with Crippen LogP contribution in [0.25, 0.3) is 0 Å². The lowest BCUT2D eigenvalue weighted by atomic mass is 9.94. The molecular weight excluding hydrogens is 228 g/mol. The van der Waals surface area contributed by atoms with Gasteiger partial charge in [0, 0.05) is 6.61 Å². The summed E-state index contributed by atoms with van der Waals surface area (Å²) in [6.07, 6.45) is 1.58. The fourth-order valence-electron chi connectivity index (χ4n) is 2.27. The molecule has 2 aliphatic heterocycles. The minimum absolute atomic E-state index is 0.187. The maximum absolute atomic E-state index is 5.50. The number of fused-ring (bicyclic) bond motifs is 1. The van der Waals surface area contributed by atoms with E-state index in [4.69, 9.17) is 14.2 Å². The fourth-order valence-corrected chi connectivity index (χ4v) is 2.27. The molecular formula is C15H22O3. The van der Waals surface area contributed by atoms with Gasteiger partial charge < -0.3 is 14.2 Å². The van der Waals surface area contributed by atoms with Crippen LogP contribution in [0.3, 0.4) is 0 Å². The van der Waals surface area contributed by atoms with E-state index in [0.717, 1.165) is 13.0 Å². The van der Waals surface area contributed by atoms with E-state index in [2.05, 4.69) is 26.0 Å². The number of hydrogen-bond acceptors (Lipinski definition) is 3. The van der Waals surface area contributed by atoms with Crippen LogP contribution in [0, 0.1) is 12.8 Å². The van der Waals surface area contributed by atoms with Crippen molar-refractivity contribution in [3.8, 4) is 0 Å². The minimum Gasteiger partial charge on any atom is -0.373 e. The summed E-state index contributed by atoms with van der Waals surface area (Å²) in [6.45, 7) is 6.30. The first kappa shape index (κ1) is 13.5. The smallest absolute Gasteiger partial charge is 0.147 e. The van der Waals surface area contributed by atoms with Crippen molar-refractivity contribution in [3.05, 3.63) is 35.9 Å². The molecule has 1 aromatic rings. The van der Waals surface area contributed by atoms with Gasteiger partial charge in [0.05, 0.1) is 12.7 Å². The highest BCUT2D eigenvalue weighted by Crippen LogP contribution is 2.25. The van der Waals surface area contributed by atoms with Crippen molar-refractivity contribution in [2.45, 2.75) is 32.5 Å². The molecule has 2 fully saturated rings. The van der Waals surface area contributed by atoms with Crippen LogP contribution < -0.4 is 0 Å². The molecule has 18 heavy (non-hydrogen) atoms. The molecule has 0 aromatic heterocycles. The van der Waals surface area contributed by atoms with Crippen LogP contribution in [0.15, 0.2) is 30.3 Å². The third-order valence-corrected chi connectivity index (χ3v) is 3.40. The molecule has 3 atom stereocenters. The molecule has 1 aromatic carbocycles. The van der Waals surface area contributed by atoms with Gasteiger partial charge in [0.1, 0.15) is 12.9 Å². The first-order chi connectivity index (χ1) is 8.77. The van der Waals surface area contributed by atoms with Crippen LogP contribution in [0.4, 0.5) is 0 Å². The normalized spacial score (nSPS) is 30.9. The van der Waals surface area contributed by atoms with Gasteiger partial charge in [-0.15, -0.1) is 0 Å². The first-order valence-corrected chi connectivity index (χ1v) is 6.60. The summed E-state index contributed by atoms with van der Waals surface area (Å²) in [5.74, 6) is 0.623. The van der Waals surface area contributed by atoms with Crippen molar-refractivity contribution in [2.75, 3.05) is 20.0 Å². The van der Waals surface area contributed by atoms with Gasteiger partial charge in [-0.05, 0) is 19.3 Å². The molecule has 0 aliphatic carbocycles. The second kappa shape index (κ2) is 6.88. The maximum Gasteiger partial charge on any atom is 0.147 e. The van der Waals surface area contributed by atoms with Gasteiger partial charge in [-0.3, -0.25) is 0 Å². The van der Waals surface area contributed by atoms with E-state index >= 15 is 0 Å². The van der Waals surface area contributed by atoms with Gasteiger partial charge in [-0.1, -0.05) is 42.8 Å². The fraction of sp³-hybridized carbons (Fsp3) is 0.600. The molecule has 2 aliphatic rings. The maximum atomic E-state index is 5.50. The summed E-state index contributed by atoms with van der Waals surface area (Å²) in [5.41, 5.74) is 1.32. The highest BCUT2D eigenvalue weighted by Gasteiger charge is 2.34. The van der Waals surface area contributed by atoms with Gasteiger partial charge in [0.25, 0.3) is 0 Å². The summed E-state index contributed by atoms with van der Waals surface area (Å²) >= 11 is 0. The lowest BCUT2D eigenvalue weighted by Gasteiger charge is -2.39. The predicted molar refractivity (Wildman–Crippen MR) is 70.4 cm³/mol. The molecule has 0 bridgehead atoms. The van der Waals surface area contributed by atoms with Gasteiger partial charge in [-0.2, -0.15) is 0 Å². The predicted octanol–water partition coefficient (Wildman–Crippen LogP) is 2.78. The van der Waals surface area contributed by atoms with Crippen LogP contribution in [0.5, 0.6) is 0 Å². The Hall–Kier alpha value is -0.900. The zero-order valence-corrected chi connectivity index (χ0v) is 11.2. The zero-order valence-electron chi connectivity index (χ0n) is 11.2. The number of hydrogen-bond donors (Lipinski definition) is 0. The molecule has 100 valence electrons. The third kappa shape index (κ3) is 3.80. The highest BCUT2D eigenvalue weighted by atomic mass is 16.7. The average Bonchev–Trinajstić information content (AvgIpc) is 2.41. The summed E-state index contributed by atoms with van der Waals surface area (Å²) in [5, 5.41) is 0. The largest absolute Gasteiger partial charge is 0.373 e. The Morgan fingerprint density at radius 2 is 1.89 bits per heavy atom. The van der Waals surface area contributed by atoms with E-state index in [1.807, 2.05) is 18.2 Å². The molecule has 3 heteroatoms. The Kier molecular flexibility index (Phi) is 5.17. The molecule has 3 rings (SSSR count). The van der Waals surface area contributed by atoms with Crippen molar-refractivity contribution < 1.29 is 14.2 Å². The number of ether oxygens (including phenoxy) is 3. The molecule has 0 saturated carbocycles. The number of rotatable bonds is 0. The van der Waals surface area contributed by atoms with E-state index in [9.17, 15) is 0 Å². The zero-order chi connectivity index (χ0) is 12.8. The Balaban J connectivity index is 0.000000149. The molecule has 0 amide bonds. The van der Waals surface area contributed by atoms with Crippen LogP contribution in [0.2, 0.25) is 0 Å². The Morgan fingerprint density at radius 3 is 2.50 bits per heavy atom. The molecule has 2 heterocycles. The summed E-state index contributed by atoms with van der Waals surface area (Å²) in [4.78, 5) is 0.